The molecule has 2 unspecified atom stereocenters. The number of aromatic nitrogens is 2. The largest absolute Gasteiger partial charge is 0.382 e. The van der Waals surface area contributed by atoms with E-state index in [1.165, 1.54) is 0 Å². The van der Waals surface area contributed by atoms with E-state index in [1.807, 2.05) is 11.8 Å². The normalized spacial score (nSPS) is 21.7. The van der Waals surface area contributed by atoms with Crippen LogP contribution in [0.5, 0.6) is 0 Å². The van der Waals surface area contributed by atoms with Crippen LogP contribution in [0.15, 0.2) is 22.7 Å². The summed E-state index contributed by atoms with van der Waals surface area (Å²) in [5.74, 6) is 0.451. The fourth-order valence-corrected chi connectivity index (χ4v) is 3.15. The SMILES string of the molecule is COCC1CN(c2nc(-c3cc(Cl)cc(Cl)c3)no2)CC(C)O1. The highest BCUT2D eigenvalue weighted by molar-refractivity contribution is 6.35. The van der Waals surface area contributed by atoms with E-state index in [-0.39, 0.29) is 12.2 Å². The fraction of sp³-hybridized carbons (Fsp3) is 0.467. The highest BCUT2D eigenvalue weighted by Gasteiger charge is 2.28. The van der Waals surface area contributed by atoms with E-state index in [1.54, 1.807) is 25.3 Å². The number of morpholine rings is 1. The molecule has 1 fully saturated rings. The molecule has 1 aliphatic rings. The number of anilines is 1. The Bertz CT molecular complexity index is 659. The van der Waals surface area contributed by atoms with Crippen molar-refractivity contribution < 1.29 is 14.0 Å². The number of hydrogen-bond donors (Lipinski definition) is 0. The monoisotopic (exact) mass is 357 g/mol. The van der Waals surface area contributed by atoms with E-state index in [2.05, 4.69) is 10.1 Å². The Hall–Kier alpha value is -1.34. The lowest BCUT2D eigenvalue weighted by molar-refractivity contribution is -0.0523. The number of ether oxygens (including phenoxy) is 2. The highest BCUT2D eigenvalue weighted by atomic mass is 35.5. The Morgan fingerprint density at radius 1 is 1.26 bits per heavy atom. The molecule has 0 radical (unpaired) electrons. The van der Waals surface area contributed by atoms with Gasteiger partial charge < -0.3 is 18.9 Å². The Balaban J connectivity index is 1.80. The van der Waals surface area contributed by atoms with Gasteiger partial charge in [-0.05, 0) is 25.1 Å². The third-order valence-corrected chi connectivity index (χ3v) is 3.92. The van der Waals surface area contributed by atoms with Crippen molar-refractivity contribution in [1.29, 1.82) is 0 Å². The molecule has 2 aromatic rings. The standard InChI is InChI=1S/C15H17Cl2N3O3/c1-9-6-20(7-13(22-9)8-21-2)15-18-14(19-23-15)10-3-11(16)5-12(17)4-10/h3-5,9,13H,6-8H2,1-2H3. The van der Waals surface area contributed by atoms with Gasteiger partial charge in [-0.3, -0.25) is 0 Å². The average Bonchev–Trinajstić information content (AvgIpc) is 2.96. The van der Waals surface area contributed by atoms with Crippen LogP contribution in [0.2, 0.25) is 10.0 Å². The van der Waals surface area contributed by atoms with Crippen LogP contribution >= 0.6 is 23.2 Å². The molecule has 3 rings (SSSR count). The first-order chi connectivity index (χ1) is 11.0. The van der Waals surface area contributed by atoms with Gasteiger partial charge in [0.25, 0.3) is 0 Å². The minimum atomic E-state index is -0.0280. The van der Waals surface area contributed by atoms with Crippen LogP contribution in [-0.4, -0.2) is 49.2 Å². The van der Waals surface area contributed by atoms with Crippen molar-refractivity contribution >= 4 is 29.2 Å². The Morgan fingerprint density at radius 2 is 2.00 bits per heavy atom. The third kappa shape index (κ3) is 3.95. The molecule has 1 aliphatic heterocycles. The maximum atomic E-state index is 6.02. The second-order valence-corrected chi connectivity index (χ2v) is 6.36. The number of methoxy groups -OCH3 is 1. The molecule has 0 amide bonds. The summed E-state index contributed by atoms with van der Waals surface area (Å²) >= 11 is 12.0. The zero-order chi connectivity index (χ0) is 16.4. The fourth-order valence-electron chi connectivity index (χ4n) is 2.62. The van der Waals surface area contributed by atoms with Crippen molar-refractivity contribution in [2.45, 2.75) is 19.1 Å². The Morgan fingerprint density at radius 3 is 2.70 bits per heavy atom. The second kappa shape index (κ2) is 7.05. The predicted octanol–water partition coefficient (Wildman–Crippen LogP) is 3.28. The van der Waals surface area contributed by atoms with E-state index in [9.17, 15) is 0 Å². The van der Waals surface area contributed by atoms with E-state index in [4.69, 9.17) is 37.2 Å². The lowest BCUT2D eigenvalue weighted by atomic mass is 10.2. The zero-order valence-corrected chi connectivity index (χ0v) is 14.3. The van der Waals surface area contributed by atoms with E-state index >= 15 is 0 Å². The van der Waals surface area contributed by atoms with Gasteiger partial charge in [-0.1, -0.05) is 28.4 Å². The molecule has 0 aliphatic carbocycles. The summed E-state index contributed by atoms with van der Waals surface area (Å²) in [7, 11) is 1.65. The number of rotatable bonds is 4. The molecule has 0 spiro atoms. The van der Waals surface area contributed by atoms with E-state index in [0.717, 1.165) is 0 Å². The van der Waals surface area contributed by atoms with Crippen LogP contribution < -0.4 is 4.90 Å². The molecule has 23 heavy (non-hydrogen) atoms. The van der Waals surface area contributed by atoms with Gasteiger partial charge in [-0.2, -0.15) is 4.98 Å². The van der Waals surface area contributed by atoms with Gasteiger partial charge in [-0.15, -0.1) is 0 Å². The summed E-state index contributed by atoms with van der Waals surface area (Å²) < 4.78 is 16.4. The molecule has 8 heteroatoms. The Labute approximate surface area is 144 Å². The molecule has 124 valence electrons. The molecule has 1 aromatic heterocycles. The molecule has 2 heterocycles. The second-order valence-electron chi connectivity index (χ2n) is 5.49. The average molecular weight is 358 g/mol. The van der Waals surface area contributed by atoms with Crippen molar-refractivity contribution in [2.24, 2.45) is 0 Å². The van der Waals surface area contributed by atoms with Gasteiger partial charge in [-0.25, -0.2) is 0 Å². The molecular weight excluding hydrogens is 341 g/mol. The first kappa shape index (κ1) is 16.5. The Kier molecular flexibility index (Phi) is 5.06. The van der Waals surface area contributed by atoms with Crippen LogP contribution in [0, 0.1) is 0 Å². The van der Waals surface area contributed by atoms with Crippen molar-refractivity contribution in [1.82, 2.24) is 10.1 Å². The van der Waals surface area contributed by atoms with Crippen LogP contribution in [-0.2, 0) is 9.47 Å². The topological polar surface area (TPSA) is 60.6 Å². The molecule has 1 aromatic carbocycles. The van der Waals surface area contributed by atoms with Crippen molar-refractivity contribution in [3.8, 4) is 11.4 Å². The smallest absolute Gasteiger partial charge is 0.324 e. The molecule has 1 saturated heterocycles. The van der Waals surface area contributed by atoms with Crippen molar-refractivity contribution in [3.05, 3.63) is 28.2 Å². The quantitative estimate of drug-likeness (QED) is 0.836. The molecule has 6 nitrogen and oxygen atoms in total. The summed E-state index contributed by atoms with van der Waals surface area (Å²) in [6, 6.07) is 5.61. The van der Waals surface area contributed by atoms with Crippen LogP contribution in [0.4, 0.5) is 6.01 Å². The summed E-state index contributed by atoms with van der Waals surface area (Å²) in [4.78, 5) is 6.45. The lowest BCUT2D eigenvalue weighted by Crippen LogP contribution is -2.48. The molecule has 0 bridgehead atoms. The molecule has 0 N–H and O–H groups in total. The van der Waals surface area contributed by atoms with E-state index in [0.29, 0.717) is 47.1 Å². The number of hydrogen-bond acceptors (Lipinski definition) is 6. The van der Waals surface area contributed by atoms with E-state index < -0.39 is 0 Å². The van der Waals surface area contributed by atoms with Crippen molar-refractivity contribution in [3.63, 3.8) is 0 Å². The minimum absolute atomic E-state index is 0.0280. The molecule has 2 atom stereocenters. The molecular formula is C15H17Cl2N3O3. The summed E-state index contributed by atoms with van der Waals surface area (Å²) in [5, 5.41) is 5.08. The third-order valence-electron chi connectivity index (χ3n) is 3.49. The molecule has 0 saturated carbocycles. The van der Waals surface area contributed by atoms with Gasteiger partial charge in [0, 0.05) is 29.3 Å². The van der Waals surface area contributed by atoms with Gasteiger partial charge in [0.2, 0.25) is 5.82 Å². The van der Waals surface area contributed by atoms with Gasteiger partial charge in [0.1, 0.15) is 0 Å². The van der Waals surface area contributed by atoms with Crippen LogP contribution in [0.1, 0.15) is 6.92 Å². The van der Waals surface area contributed by atoms with Gasteiger partial charge in [0.15, 0.2) is 0 Å². The minimum Gasteiger partial charge on any atom is -0.382 e. The lowest BCUT2D eigenvalue weighted by Gasteiger charge is -2.35. The summed E-state index contributed by atoms with van der Waals surface area (Å²) in [5.41, 5.74) is 0.715. The maximum Gasteiger partial charge on any atom is 0.324 e. The van der Waals surface area contributed by atoms with Crippen LogP contribution in [0.25, 0.3) is 11.4 Å². The first-order valence-corrected chi connectivity index (χ1v) is 8.00. The number of benzene rings is 1. The number of nitrogens with zero attached hydrogens (tertiary/aromatic N) is 3. The number of halogens is 2. The zero-order valence-electron chi connectivity index (χ0n) is 12.8. The van der Waals surface area contributed by atoms with Gasteiger partial charge >= 0.3 is 6.01 Å². The van der Waals surface area contributed by atoms with Crippen molar-refractivity contribution in [2.75, 3.05) is 31.7 Å². The highest BCUT2D eigenvalue weighted by Crippen LogP contribution is 2.27. The summed E-state index contributed by atoms with van der Waals surface area (Å²) in [6.45, 7) is 3.84. The van der Waals surface area contributed by atoms with Gasteiger partial charge in [0.05, 0.1) is 25.4 Å². The van der Waals surface area contributed by atoms with Crippen LogP contribution in [0.3, 0.4) is 0 Å². The first-order valence-electron chi connectivity index (χ1n) is 7.24. The predicted molar refractivity (Wildman–Crippen MR) is 88.2 cm³/mol. The summed E-state index contributed by atoms with van der Waals surface area (Å²) in [6.07, 6.45) is 0.0274. The maximum absolute atomic E-state index is 6.02.